The van der Waals surface area contributed by atoms with Crippen molar-refractivity contribution >= 4 is 6.09 Å². The van der Waals surface area contributed by atoms with Crippen molar-refractivity contribution in [3.8, 4) is 0 Å². The fourth-order valence-corrected chi connectivity index (χ4v) is 2.13. The van der Waals surface area contributed by atoms with Crippen molar-refractivity contribution in [1.29, 1.82) is 0 Å². The summed E-state index contributed by atoms with van der Waals surface area (Å²) >= 11 is 0. The minimum Gasteiger partial charge on any atom is -0.443 e. The van der Waals surface area contributed by atoms with Crippen LogP contribution in [0, 0.1) is 0 Å². The number of rotatable bonds is 4. The van der Waals surface area contributed by atoms with Gasteiger partial charge in [-0.2, -0.15) is 5.06 Å². The van der Waals surface area contributed by atoms with Gasteiger partial charge in [-0.1, -0.05) is 43.7 Å². The summed E-state index contributed by atoms with van der Waals surface area (Å²) in [5.41, 5.74) is 0.919. The topological polar surface area (TPSA) is 59.0 Å². The molecule has 1 aliphatic rings. The first-order chi connectivity index (χ1) is 9.20. The normalized spacial score (nSPS) is 22.5. The van der Waals surface area contributed by atoms with E-state index in [0.29, 0.717) is 6.42 Å². The fourth-order valence-electron chi connectivity index (χ4n) is 2.13. The molecule has 0 unspecified atom stereocenters. The Balaban J connectivity index is 1.88. The number of amides is 1. The predicted molar refractivity (Wildman–Crippen MR) is 68.9 cm³/mol. The Labute approximate surface area is 112 Å². The van der Waals surface area contributed by atoms with Gasteiger partial charge in [-0.25, -0.2) is 9.63 Å². The lowest BCUT2D eigenvalue weighted by atomic mass is 10.1. The van der Waals surface area contributed by atoms with Gasteiger partial charge in [-0.3, -0.25) is 0 Å². The second-order valence-corrected chi connectivity index (χ2v) is 4.60. The van der Waals surface area contributed by atoms with E-state index in [9.17, 15) is 9.90 Å². The summed E-state index contributed by atoms with van der Waals surface area (Å²) in [6.45, 7) is 2.23. The molecule has 104 valence electrons. The van der Waals surface area contributed by atoms with Crippen LogP contribution in [-0.4, -0.2) is 28.6 Å². The van der Waals surface area contributed by atoms with Crippen molar-refractivity contribution in [2.45, 2.75) is 45.1 Å². The van der Waals surface area contributed by atoms with Crippen LogP contribution in [-0.2, 0) is 16.2 Å². The third-order valence-electron chi connectivity index (χ3n) is 3.05. The smallest absolute Gasteiger partial charge is 0.434 e. The molecule has 1 aliphatic heterocycles. The van der Waals surface area contributed by atoms with Crippen LogP contribution in [0.3, 0.4) is 0 Å². The molecular formula is C14H19NO4. The second kappa shape index (κ2) is 6.54. The van der Waals surface area contributed by atoms with Crippen LogP contribution in [0.4, 0.5) is 4.79 Å². The molecule has 1 aromatic rings. The zero-order chi connectivity index (χ0) is 13.7. The summed E-state index contributed by atoms with van der Waals surface area (Å²) < 4.78 is 5.19. The van der Waals surface area contributed by atoms with E-state index in [2.05, 4.69) is 0 Å². The first-order valence-electron chi connectivity index (χ1n) is 6.55. The van der Waals surface area contributed by atoms with Crippen LogP contribution in [0.15, 0.2) is 30.3 Å². The van der Waals surface area contributed by atoms with Crippen molar-refractivity contribution in [3.05, 3.63) is 35.9 Å². The summed E-state index contributed by atoms with van der Waals surface area (Å²) in [6.07, 6.45) is 0.689. The maximum Gasteiger partial charge on any atom is 0.434 e. The number of hydroxylamine groups is 2. The van der Waals surface area contributed by atoms with Gasteiger partial charge in [-0.05, 0) is 12.0 Å². The van der Waals surface area contributed by atoms with Crippen molar-refractivity contribution in [1.82, 2.24) is 5.06 Å². The molecule has 1 saturated heterocycles. The van der Waals surface area contributed by atoms with Gasteiger partial charge in [0.2, 0.25) is 0 Å². The van der Waals surface area contributed by atoms with Gasteiger partial charge < -0.3 is 9.84 Å². The molecule has 1 N–H and O–H groups in total. The molecule has 1 amide bonds. The number of carbonyl (C=O) groups is 1. The van der Waals surface area contributed by atoms with Crippen molar-refractivity contribution in [2.24, 2.45) is 0 Å². The molecule has 2 rings (SSSR count). The van der Waals surface area contributed by atoms with Crippen LogP contribution in [0.2, 0.25) is 0 Å². The molecule has 1 fully saturated rings. The first kappa shape index (κ1) is 13.8. The number of aliphatic hydroxyl groups excluding tert-OH is 1. The quantitative estimate of drug-likeness (QED) is 0.908. The lowest BCUT2D eigenvalue weighted by Gasteiger charge is -2.21. The van der Waals surface area contributed by atoms with Crippen LogP contribution >= 0.6 is 0 Å². The Hall–Kier alpha value is -1.59. The van der Waals surface area contributed by atoms with Gasteiger partial charge in [0, 0.05) is 6.42 Å². The van der Waals surface area contributed by atoms with Crippen LogP contribution in [0.5, 0.6) is 0 Å². The number of hydrogen-bond acceptors (Lipinski definition) is 4. The van der Waals surface area contributed by atoms with E-state index in [1.807, 2.05) is 37.3 Å². The Morgan fingerprint density at radius 2 is 2.21 bits per heavy atom. The van der Waals surface area contributed by atoms with E-state index in [-0.39, 0.29) is 12.6 Å². The number of aliphatic hydroxyl groups is 1. The van der Waals surface area contributed by atoms with E-state index in [1.54, 1.807) is 0 Å². The maximum absolute atomic E-state index is 11.9. The third kappa shape index (κ3) is 3.68. The average molecular weight is 265 g/mol. The van der Waals surface area contributed by atoms with E-state index >= 15 is 0 Å². The minimum absolute atomic E-state index is 0.108. The molecule has 1 heterocycles. The highest BCUT2D eigenvalue weighted by Crippen LogP contribution is 2.24. The summed E-state index contributed by atoms with van der Waals surface area (Å²) in [4.78, 5) is 17.0. The summed E-state index contributed by atoms with van der Waals surface area (Å²) in [5, 5.41) is 10.6. The molecule has 1 aromatic carbocycles. The van der Waals surface area contributed by atoms with Gasteiger partial charge in [0.1, 0.15) is 6.61 Å². The maximum atomic E-state index is 11.9. The number of carbonyl (C=O) groups excluding carboxylic acids is 1. The van der Waals surface area contributed by atoms with E-state index in [0.717, 1.165) is 23.5 Å². The number of nitrogens with zero attached hydrogens (tertiary/aromatic N) is 1. The molecule has 0 aromatic heterocycles. The third-order valence-corrected chi connectivity index (χ3v) is 3.05. The van der Waals surface area contributed by atoms with Crippen LogP contribution < -0.4 is 0 Å². The minimum atomic E-state index is -0.916. The van der Waals surface area contributed by atoms with E-state index in [4.69, 9.17) is 9.57 Å². The van der Waals surface area contributed by atoms with Gasteiger partial charge >= 0.3 is 6.09 Å². The highest BCUT2D eigenvalue weighted by molar-refractivity contribution is 5.67. The Morgan fingerprint density at radius 1 is 1.47 bits per heavy atom. The molecule has 0 radical (unpaired) electrons. The molecule has 19 heavy (non-hydrogen) atoms. The SMILES string of the molecule is CCC[C@@H]1C[C@@H](O)ON1C(=O)OCc1ccccc1. The van der Waals surface area contributed by atoms with E-state index in [1.165, 1.54) is 0 Å². The molecule has 0 saturated carbocycles. The Kier molecular flexibility index (Phi) is 4.76. The fraction of sp³-hybridized carbons (Fsp3) is 0.500. The lowest BCUT2D eigenvalue weighted by molar-refractivity contribution is -0.202. The second-order valence-electron chi connectivity index (χ2n) is 4.60. The first-order valence-corrected chi connectivity index (χ1v) is 6.55. The average Bonchev–Trinajstić information content (AvgIpc) is 2.79. The highest BCUT2D eigenvalue weighted by atomic mass is 16.8. The molecule has 2 atom stereocenters. The highest BCUT2D eigenvalue weighted by Gasteiger charge is 2.36. The van der Waals surface area contributed by atoms with Crippen molar-refractivity contribution < 1.29 is 19.5 Å². The number of hydrogen-bond donors (Lipinski definition) is 1. The predicted octanol–water partition coefficient (Wildman–Crippen LogP) is 2.45. The van der Waals surface area contributed by atoms with E-state index < -0.39 is 12.4 Å². The monoisotopic (exact) mass is 265 g/mol. The van der Waals surface area contributed by atoms with Gasteiger partial charge in [0.25, 0.3) is 0 Å². The molecule has 5 heteroatoms. The molecule has 0 aliphatic carbocycles. The Morgan fingerprint density at radius 3 is 2.89 bits per heavy atom. The van der Waals surface area contributed by atoms with Crippen LogP contribution in [0.25, 0.3) is 0 Å². The summed E-state index contributed by atoms with van der Waals surface area (Å²) in [6, 6.07) is 9.34. The zero-order valence-electron chi connectivity index (χ0n) is 11.0. The van der Waals surface area contributed by atoms with Gasteiger partial charge in [0.15, 0.2) is 6.29 Å². The molecule has 0 bridgehead atoms. The summed E-state index contributed by atoms with van der Waals surface area (Å²) in [5.74, 6) is 0. The zero-order valence-corrected chi connectivity index (χ0v) is 11.0. The van der Waals surface area contributed by atoms with Crippen molar-refractivity contribution in [3.63, 3.8) is 0 Å². The molecule has 5 nitrogen and oxygen atoms in total. The van der Waals surface area contributed by atoms with Crippen LogP contribution in [0.1, 0.15) is 31.7 Å². The standard InChI is InChI=1S/C14H19NO4/c1-2-6-12-9-13(16)19-15(12)14(17)18-10-11-7-4-3-5-8-11/h3-5,7-8,12-13,16H,2,6,9-10H2,1H3/t12-,13+/m1/s1. The summed E-state index contributed by atoms with van der Waals surface area (Å²) in [7, 11) is 0. The number of ether oxygens (including phenoxy) is 1. The molecular weight excluding hydrogens is 246 g/mol. The largest absolute Gasteiger partial charge is 0.443 e. The van der Waals surface area contributed by atoms with Gasteiger partial charge in [-0.15, -0.1) is 0 Å². The molecule has 0 spiro atoms. The number of benzene rings is 1. The van der Waals surface area contributed by atoms with Gasteiger partial charge in [0.05, 0.1) is 6.04 Å². The Bertz CT molecular complexity index is 409. The van der Waals surface area contributed by atoms with Crippen molar-refractivity contribution in [2.75, 3.05) is 0 Å². The lowest BCUT2D eigenvalue weighted by Crippen LogP contribution is -2.35.